The van der Waals surface area contributed by atoms with E-state index in [2.05, 4.69) is 40.8 Å². The topological polar surface area (TPSA) is 54.0 Å². The molecule has 3 rings (SSSR count). The standard InChI is InChI=1S/C22H27N3O/c1-17-7-5-6-10-19(17)15-24-21-12-11-20(16-25-21)22(26)23-14-13-18-8-3-2-4-9-18/h5-8,10-12,16H,2-4,9,13-15H2,1H3,(H,23,26)(H,24,25). The van der Waals surface area contributed by atoms with Crippen molar-refractivity contribution in [2.45, 2.75) is 45.6 Å². The van der Waals surface area contributed by atoms with Crippen LogP contribution in [0.5, 0.6) is 0 Å². The van der Waals surface area contributed by atoms with Crippen LogP contribution in [0.25, 0.3) is 0 Å². The number of benzene rings is 1. The number of aromatic nitrogens is 1. The Morgan fingerprint density at radius 1 is 1.15 bits per heavy atom. The van der Waals surface area contributed by atoms with Crippen LogP contribution < -0.4 is 10.6 Å². The number of allylic oxidation sites excluding steroid dienone is 1. The molecule has 1 aromatic carbocycles. The van der Waals surface area contributed by atoms with Gasteiger partial charge in [0.05, 0.1) is 5.56 Å². The Balaban J connectivity index is 1.46. The van der Waals surface area contributed by atoms with Crippen LogP contribution in [0.3, 0.4) is 0 Å². The van der Waals surface area contributed by atoms with E-state index < -0.39 is 0 Å². The van der Waals surface area contributed by atoms with Crippen molar-refractivity contribution in [3.8, 4) is 0 Å². The normalized spacial score (nSPS) is 13.8. The molecule has 1 aromatic heterocycles. The maximum absolute atomic E-state index is 12.2. The molecule has 4 nitrogen and oxygen atoms in total. The van der Waals surface area contributed by atoms with Gasteiger partial charge in [-0.05, 0) is 62.3 Å². The third kappa shape index (κ3) is 5.19. The van der Waals surface area contributed by atoms with Crippen LogP contribution in [0.1, 0.15) is 53.6 Å². The third-order valence-corrected chi connectivity index (χ3v) is 4.86. The molecule has 2 aromatic rings. The van der Waals surface area contributed by atoms with Crippen molar-refractivity contribution >= 4 is 11.7 Å². The number of hydrogen-bond acceptors (Lipinski definition) is 3. The lowest BCUT2D eigenvalue weighted by Gasteiger charge is -2.13. The summed E-state index contributed by atoms with van der Waals surface area (Å²) in [7, 11) is 0. The van der Waals surface area contributed by atoms with Gasteiger partial charge in [-0.1, -0.05) is 35.9 Å². The van der Waals surface area contributed by atoms with Gasteiger partial charge in [-0.3, -0.25) is 4.79 Å². The minimum absolute atomic E-state index is 0.0561. The van der Waals surface area contributed by atoms with Gasteiger partial charge in [0.15, 0.2) is 0 Å². The van der Waals surface area contributed by atoms with Crippen LogP contribution in [0, 0.1) is 6.92 Å². The molecule has 0 unspecified atom stereocenters. The monoisotopic (exact) mass is 349 g/mol. The minimum Gasteiger partial charge on any atom is -0.366 e. The summed E-state index contributed by atoms with van der Waals surface area (Å²) in [6.45, 7) is 3.51. The summed E-state index contributed by atoms with van der Waals surface area (Å²) < 4.78 is 0. The first kappa shape index (κ1) is 18.2. The summed E-state index contributed by atoms with van der Waals surface area (Å²) in [6.07, 6.45) is 9.85. The number of pyridine rings is 1. The molecular formula is C22H27N3O. The average molecular weight is 349 g/mol. The summed E-state index contributed by atoms with van der Waals surface area (Å²) in [5.74, 6) is 0.719. The van der Waals surface area contributed by atoms with E-state index in [1.807, 2.05) is 24.3 Å². The van der Waals surface area contributed by atoms with Crippen molar-refractivity contribution in [3.63, 3.8) is 0 Å². The Morgan fingerprint density at radius 2 is 2.04 bits per heavy atom. The molecule has 136 valence electrons. The number of nitrogens with zero attached hydrogens (tertiary/aromatic N) is 1. The van der Waals surface area contributed by atoms with Crippen molar-refractivity contribution in [3.05, 3.63) is 70.9 Å². The number of aryl methyl sites for hydroxylation is 1. The van der Waals surface area contributed by atoms with Crippen LogP contribution in [0.2, 0.25) is 0 Å². The Labute approximate surface area is 155 Å². The van der Waals surface area contributed by atoms with Gasteiger partial charge in [0.2, 0.25) is 0 Å². The van der Waals surface area contributed by atoms with Crippen molar-refractivity contribution < 1.29 is 4.79 Å². The van der Waals surface area contributed by atoms with Crippen LogP contribution >= 0.6 is 0 Å². The molecule has 0 saturated carbocycles. The number of carbonyl (C=O) groups excluding carboxylic acids is 1. The zero-order valence-corrected chi connectivity index (χ0v) is 15.4. The van der Waals surface area contributed by atoms with Crippen LogP contribution in [-0.2, 0) is 6.54 Å². The molecular weight excluding hydrogens is 322 g/mol. The van der Waals surface area contributed by atoms with E-state index in [-0.39, 0.29) is 5.91 Å². The van der Waals surface area contributed by atoms with Gasteiger partial charge in [-0.25, -0.2) is 4.98 Å². The van der Waals surface area contributed by atoms with E-state index in [9.17, 15) is 4.79 Å². The fraction of sp³-hybridized carbons (Fsp3) is 0.364. The first-order valence-electron chi connectivity index (χ1n) is 9.43. The lowest BCUT2D eigenvalue weighted by molar-refractivity contribution is 0.0953. The van der Waals surface area contributed by atoms with Gasteiger partial charge < -0.3 is 10.6 Å². The van der Waals surface area contributed by atoms with Gasteiger partial charge in [0.25, 0.3) is 5.91 Å². The highest BCUT2D eigenvalue weighted by molar-refractivity contribution is 5.94. The first-order valence-corrected chi connectivity index (χ1v) is 9.43. The van der Waals surface area contributed by atoms with Crippen molar-refractivity contribution in [2.75, 3.05) is 11.9 Å². The molecule has 0 aliphatic heterocycles. The predicted molar refractivity (Wildman–Crippen MR) is 106 cm³/mol. The maximum atomic E-state index is 12.2. The molecule has 1 heterocycles. The Morgan fingerprint density at radius 3 is 2.77 bits per heavy atom. The van der Waals surface area contributed by atoms with Gasteiger partial charge >= 0.3 is 0 Å². The van der Waals surface area contributed by atoms with E-state index >= 15 is 0 Å². The van der Waals surface area contributed by atoms with Gasteiger partial charge in [0.1, 0.15) is 5.82 Å². The number of rotatable bonds is 7. The summed E-state index contributed by atoms with van der Waals surface area (Å²) >= 11 is 0. The molecule has 0 saturated heterocycles. The zero-order chi connectivity index (χ0) is 18.2. The van der Waals surface area contributed by atoms with Crippen molar-refractivity contribution in [1.29, 1.82) is 0 Å². The molecule has 0 spiro atoms. The van der Waals surface area contributed by atoms with Crippen LogP contribution in [0.4, 0.5) is 5.82 Å². The molecule has 4 heteroatoms. The lowest BCUT2D eigenvalue weighted by atomic mass is 9.97. The second-order valence-corrected chi connectivity index (χ2v) is 6.83. The number of carbonyl (C=O) groups is 1. The number of nitrogens with one attached hydrogen (secondary N) is 2. The molecule has 1 amide bonds. The molecule has 0 fully saturated rings. The Kier molecular flexibility index (Phi) is 6.42. The number of hydrogen-bond donors (Lipinski definition) is 2. The molecule has 0 atom stereocenters. The smallest absolute Gasteiger partial charge is 0.252 e. The van der Waals surface area contributed by atoms with E-state index in [1.54, 1.807) is 6.20 Å². The SMILES string of the molecule is Cc1ccccc1CNc1ccc(C(=O)NCCC2=CCCCC2)cn1. The average Bonchev–Trinajstić information content (AvgIpc) is 2.68. The molecule has 2 N–H and O–H groups in total. The van der Waals surface area contributed by atoms with Gasteiger partial charge in [0, 0.05) is 19.3 Å². The Bertz CT molecular complexity index is 765. The third-order valence-electron chi connectivity index (χ3n) is 4.86. The highest BCUT2D eigenvalue weighted by Gasteiger charge is 2.08. The van der Waals surface area contributed by atoms with E-state index in [0.717, 1.165) is 18.8 Å². The molecule has 0 bridgehead atoms. The van der Waals surface area contributed by atoms with Crippen LogP contribution in [0.15, 0.2) is 54.2 Å². The minimum atomic E-state index is -0.0561. The Hall–Kier alpha value is -2.62. The predicted octanol–water partition coefficient (Wildman–Crippen LogP) is 4.62. The largest absolute Gasteiger partial charge is 0.366 e. The highest BCUT2D eigenvalue weighted by atomic mass is 16.1. The van der Waals surface area contributed by atoms with E-state index in [4.69, 9.17) is 0 Å². The summed E-state index contributed by atoms with van der Waals surface area (Å²) in [6, 6.07) is 12.0. The summed E-state index contributed by atoms with van der Waals surface area (Å²) in [5.41, 5.74) is 4.58. The quantitative estimate of drug-likeness (QED) is 0.717. The number of anilines is 1. The highest BCUT2D eigenvalue weighted by Crippen LogP contribution is 2.19. The van der Waals surface area contributed by atoms with Gasteiger partial charge in [-0.15, -0.1) is 0 Å². The van der Waals surface area contributed by atoms with Crippen molar-refractivity contribution in [1.82, 2.24) is 10.3 Å². The molecule has 1 aliphatic carbocycles. The summed E-state index contributed by atoms with van der Waals surface area (Å²) in [5, 5.41) is 6.29. The molecule has 0 radical (unpaired) electrons. The first-order chi connectivity index (χ1) is 12.7. The van der Waals surface area contributed by atoms with Crippen LogP contribution in [-0.4, -0.2) is 17.4 Å². The zero-order valence-electron chi connectivity index (χ0n) is 15.4. The lowest BCUT2D eigenvalue weighted by Crippen LogP contribution is -2.25. The second-order valence-electron chi connectivity index (χ2n) is 6.83. The van der Waals surface area contributed by atoms with Crippen molar-refractivity contribution in [2.24, 2.45) is 0 Å². The number of amides is 1. The fourth-order valence-electron chi connectivity index (χ4n) is 3.20. The summed E-state index contributed by atoms with van der Waals surface area (Å²) in [4.78, 5) is 16.6. The van der Waals surface area contributed by atoms with E-state index in [1.165, 1.54) is 42.4 Å². The second kappa shape index (κ2) is 9.18. The van der Waals surface area contributed by atoms with Gasteiger partial charge in [-0.2, -0.15) is 0 Å². The maximum Gasteiger partial charge on any atom is 0.252 e. The van der Waals surface area contributed by atoms with E-state index in [0.29, 0.717) is 12.1 Å². The fourth-order valence-corrected chi connectivity index (χ4v) is 3.20. The molecule has 26 heavy (non-hydrogen) atoms. The molecule has 1 aliphatic rings.